The van der Waals surface area contributed by atoms with Crippen LogP contribution in [0.1, 0.15) is 24.3 Å². The van der Waals surface area contributed by atoms with Crippen molar-refractivity contribution in [3.05, 3.63) is 21.3 Å². The van der Waals surface area contributed by atoms with E-state index in [1.54, 1.807) is 11.3 Å². The molecule has 0 aromatic carbocycles. The molecular formula is C10H17ClN2S. The van der Waals surface area contributed by atoms with E-state index in [2.05, 4.69) is 18.9 Å². The summed E-state index contributed by atoms with van der Waals surface area (Å²) in [6, 6.07) is 2.32. The van der Waals surface area contributed by atoms with Crippen LogP contribution in [0.2, 0.25) is 5.02 Å². The highest BCUT2D eigenvalue weighted by Crippen LogP contribution is 2.27. The summed E-state index contributed by atoms with van der Waals surface area (Å²) in [6.07, 6.45) is 1.14. The molecule has 2 nitrogen and oxygen atoms in total. The molecule has 1 atom stereocenters. The second kappa shape index (κ2) is 5.71. The molecule has 4 heteroatoms. The van der Waals surface area contributed by atoms with Crippen LogP contribution in [-0.2, 0) is 0 Å². The molecule has 80 valence electrons. The molecule has 1 rings (SSSR count). The Hall–Kier alpha value is -0.0900. The minimum Gasteiger partial charge on any atom is -0.329 e. The molecule has 0 fully saturated rings. The fourth-order valence-electron chi connectivity index (χ4n) is 1.52. The summed E-state index contributed by atoms with van der Waals surface area (Å²) in [4.78, 5) is 3.54. The highest BCUT2D eigenvalue weighted by atomic mass is 35.5. The predicted octanol–water partition coefficient (Wildman–Crippen LogP) is 2.74. The topological polar surface area (TPSA) is 29.3 Å². The molecule has 0 aliphatic carbocycles. The molecule has 1 heterocycles. The van der Waals surface area contributed by atoms with Gasteiger partial charge in [-0.15, -0.1) is 11.3 Å². The van der Waals surface area contributed by atoms with Crippen LogP contribution < -0.4 is 5.73 Å². The average molecular weight is 233 g/mol. The number of thiophene rings is 1. The lowest BCUT2D eigenvalue weighted by molar-refractivity contribution is 0.254. The monoisotopic (exact) mass is 232 g/mol. The largest absolute Gasteiger partial charge is 0.329 e. The molecule has 0 bridgehead atoms. The van der Waals surface area contributed by atoms with Crippen molar-refractivity contribution in [1.29, 1.82) is 0 Å². The third-order valence-corrected chi connectivity index (χ3v) is 3.63. The maximum atomic E-state index is 5.89. The Labute approximate surface area is 94.7 Å². The van der Waals surface area contributed by atoms with Crippen LogP contribution >= 0.6 is 22.9 Å². The molecule has 2 N–H and O–H groups in total. The van der Waals surface area contributed by atoms with Crippen LogP contribution in [0.15, 0.2) is 11.4 Å². The summed E-state index contributed by atoms with van der Waals surface area (Å²) >= 11 is 7.58. The summed E-state index contributed by atoms with van der Waals surface area (Å²) in [5, 5.41) is 2.77. The Bertz CT molecular complexity index is 275. The van der Waals surface area contributed by atoms with Gasteiger partial charge in [0, 0.05) is 16.8 Å². The number of hydrogen-bond donors (Lipinski definition) is 1. The highest BCUT2D eigenvalue weighted by molar-refractivity contribution is 7.10. The summed E-state index contributed by atoms with van der Waals surface area (Å²) < 4.78 is 0. The van der Waals surface area contributed by atoms with Gasteiger partial charge in [-0.1, -0.05) is 18.5 Å². The van der Waals surface area contributed by atoms with E-state index >= 15 is 0 Å². The Morgan fingerprint density at radius 2 is 2.36 bits per heavy atom. The maximum absolute atomic E-state index is 5.89. The normalized spacial score (nSPS) is 13.5. The Morgan fingerprint density at radius 1 is 1.64 bits per heavy atom. The number of nitrogens with zero attached hydrogens (tertiary/aromatic N) is 1. The van der Waals surface area contributed by atoms with E-state index in [1.807, 2.05) is 11.4 Å². The number of hydrogen-bond acceptors (Lipinski definition) is 3. The number of rotatable bonds is 5. The van der Waals surface area contributed by atoms with Crippen molar-refractivity contribution in [3.8, 4) is 0 Å². The number of halogens is 1. The van der Waals surface area contributed by atoms with E-state index in [0.717, 1.165) is 18.0 Å². The van der Waals surface area contributed by atoms with Crippen molar-refractivity contribution >= 4 is 22.9 Å². The van der Waals surface area contributed by atoms with E-state index < -0.39 is 0 Å². The second-order valence-electron chi connectivity index (χ2n) is 3.40. The summed E-state index contributed by atoms with van der Waals surface area (Å²) in [6.45, 7) is 3.89. The third-order valence-electron chi connectivity index (χ3n) is 2.25. The molecule has 0 aliphatic heterocycles. The summed E-state index contributed by atoms with van der Waals surface area (Å²) in [5.74, 6) is 0. The van der Waals surface area contributed by atoms with Gasteiger partial charge in [0.15, 0.2) is 0 Å². The highest BCUT2D eigenvalue weighted by Gasteiger charge is 2.16. The smallest absolute Gasteiger partial charge is 0.0562 e. The van der Waals surface area contributed by atoms with Crippen LogP contribution in [-0.4, -0.2) is 25.0 Å². The first-order chi connectivity index (χ1) is 6.69. The second-order valence-corrected chi connectivity index (χ2v) is 4.78. The van der Waals surface area contributed by atoms with Crippen LogP contribution in [0.4, 0.5) is 0 Å². The van der Waals surface area contributed by atoms with Crippen LogP contribution in [0, 0.1) is 0 Å². The molecule has 1 aromatic rings. The molecule has 1 unspecified atom stereocenters. The van der Waals surface area contributed by atoms with E-state index in [0.29, 0.717) is 12.6 Å². The molecule has 1 aromatic heterocycles. The van der Waals surface area contributed by atoms with Gasteiger partial charge in [0.25, 0.3) is 0 Å². The van der Waals surface area contributed by atoms with Gasteiger partial charge in [-0.05, 0) is 26.1 Å². The van der Waals surface area contributed by atoms with Gasteiger partial charge >= 0.3 is 0 Å². The molecule has 0 radical (unpaired) electrons. The predicted molar refractivity (Wildman–Crippen MR) is 64.0 cm³/mol. The average Bonchev–Trinajstić information content (AvgIpc) is 2.54. The SMILES string of the molecule is CCCN(C)C(CN)c1cc(Cl)cs1. The van der Waals surface area contributed by atoms with Crippen LogP contribution in [0.3, 0.4) is 0 Å². The molecule has 0 saturated carbocycles. The summed E-state index contributed by atoms with van der Waals surface area (Å²) in [5.41, 5.74) is 5.77. The quantitative estimate of drug-likeness (QED) is 0.846. The van der Waals surface area contributed by atoms with Crippen molar-refractivity contribution < 1.29 is 0 Å². The van der Waals surface area contributed by atoms with Gasteiger partial charge < -0.3 is 5.73 Å². The zero-order valence-corrected chi connectivity index (χ0v) is 10.2. The molecule has 0 spiro atoms. The minimum atomic E-state index is 0.312. The number of nitrogens with two attached hydrogens (primary N) is 1. The standard InChI is InChI=1S/C10H17ClN2S/c1-3-4-13(2)9(6-12)10-5-8(11)7-14-10/h5,7,9H,3-4,6,12H2,1-2H3. The van der Waals surface area contributed by atoms with Crippen LogP contribution in [0.25, 0.3) is 0 Å². The van der Waals surface area contributed by atoms with Gasteiger partial charge in [-0.3, -0.25) is 4.90 Å². The fraction of sp³-hybridized carbons (Fsp3) is 0.600. The van der Waals surface area contributed by atoms with E-state index in [4.69, 9.17) is 17.3 Å². The summed E-state index contributed by atoms with van der Waals surface area (Å²) in [7, 11) is 2.11. The molecular weight excluding hydrogens is 216 g/mol. The first-order valence-corrected chi connectivity index (χ1v) is 6.09. The first-order valence-electron chi connectivity index (χ1n) is 4.83. The Kier molecular flexibility index (Phi) is 4.89. The van der Waals surface area contributed by atoms with Gasteiger partial charge in [0.2, 0.25) is 0 Å². The molecule has 0 saturated heterocycles. The Morgan fingerprint density at radius 3 is 2.79 bits per heavy atom. The number of likely N-dealkylation sites (N-methyl/N-ethyl adjacent to an activating group) is 1. The molecule has 14 heavy (non-hydrogen) atoms. The van der Waals surface area contributed by atoms with Crippen LogP contribution in [0.5, 0.6) is 0 Å². The zero-order valence-electron chi connectivity index (χ0n) is 8.66. The van der Waals surface area contributed by atoms with Crippen molar-refractivity contribution in [2.75, 3.05) is 20.1 Å². The molecule has 0 amide bonds. The van der Waals surface area contributed by atoms with Crippen molar-refractivity contribution in [2.24, 2.45) is 5.73 Å². The molecule has 0 aliphatic rings. The van der Waals surface area contributed by atoms with Gasteiger partial charge in [0.05, 0.1) is 11.1 Å². The zero-order chi connectivity index (χ0) is 10.6. The van der Waals surface area contributed by atoms with Gasteiger partial charge in [-0.25, -0.2) is 0 Å². The first kappa shape index (κ1) is 12.0. The van der Waals surface area contributed by atoms with E-state index in [1.165, 1.54) is 4.88 Å². The third kappa shape index (κ3) is 2.95. The van der Waals surface area contributed by atoms with Gasteiger partial charge in [0.1, 0.15) is 0 Å². The van der Waals surface area contributed by atoms with E-state index in [9.17, 15) is 0 Å². The van der Waals surface area contributed by atoms with Gasteiger partial charge in [-0.2, -0.15) is 0 Å². The lowest BCUT2D eigenvalue weighted by Crippen LogP contribution is -2.30. The van der Waals surface area contributed by atoms with Crippen molar-refractivity contribution in [1.82, 2.24) is 4.90 Å². The van der Waals surface area contributed by atoms with Crippen molar-refractivity contribution in [3.63, 3.8) is 0 Å². The maximum Gasteiger partial charge on any atom is 0.0562 e. The lowest BCUT2D eigenvalue weighted by atomic mass is 10.2. The fourth-order valence-corrected chi connectivity index (χ4v) is 2.79. The minimum absolute atomic E-state index is 0.312. The van der Waals surface area contributed by atoms with Crippen molar-refractivity contribution in [2.45, 2.75) is 19.4 Å². The lowest BCUT2D eigenvalue weighted by Gasteiger charge is -2.25. The Balaban J connectivity index is 2.71. The van der Waals surface area contributed by atoms with E-state index in [-0.39, 0.29) is 0 Å².